The Morgan fingerprint density at radius 1 is 1.32 bits per heavy atom. The van der Waals surface area contributed by atoms with Crippen molar-refractivity contribution in [2.45, 2.75) is 6.92 Å². The lowest BCUT2D eigenvalue weighted by Gasteiger charge is -2.11. The summed E-state index contributed by atoms with van der Waals surface area (Å²) in [5, 5.41) is 6.94. The van der Waals surface area contributed by atoms with Crippen molar-refractivity contribution >= 4 is 23.4 Å². The average Bonchev–Trinajstić information content (AvgIpc) is 2.86. The van der Waals surface area contributed by atoms with Gasteiger partial charge in [-0.2, -0.15) is 0 Å². The number of likely N-dealkylation sites (N-methyl/N-ethyl adjacent to an activating group) is 1. The van der Waals surface area contributed by atoms with Crippen LogP contribution in [0, 0.1) is 6.92 Å². The van der Waals surface area contributed by atoms with E-state index in [0.717, 1.165) is 0 Å². The third-order valence-corrected chi connectivity index (χ3v) is 3.45. The number of nitrogens with one attached hydrogen (secondary N) is 1. The largest absolute Gasteiger partial charge is 0.360 e. The van der Waals surface area contributed by atoms with Crippen LogP contribution >= 0.6 is 11.6 Å². The van der Waals surface area contributed by atoms with Gasteiger partial charge in [-0.05, 0) is 13.0 Å². The number of halogens is 1. The number of carbonyl (C=O) groups excluding carboxylic acids is 2. The highest BCUT2D eigenvalue weighted by atomic mass is 35.5. The Kier molecular flexibility index (Phi) is 4.82. The molecule has 0 aliphatic heterocycles. The SMILES string of the molecule is Cc1onc(-c2ccccc2Cl)c1C(=O)NCC(=O)N(C)C. The van der Waals surface area contributed by atoms with Crippen LogP contribution in [0.15, 0.2) is 28.8 Å². The summed E-state index contributed by atoms with van der Waals surface area (Å²) in [6, 6.07) is 7.04. The predicted molar refractivity (Wildman–Crippen MR) is 82.7 cm³/mol. The van der Waals surface area contributed by atoms with Gasteiger partial charge in [0.15, 0.2) is 0 Å². The Morgan fingerprint density at radius 2 is 2.00 bits per heavy atom. The fourth-order valence-corrected chi connectivity index (χ4v) is 2.10. The minimum absolute atomic E-state index is 0.0988. The maximum atomic E-state index is 12.3. The second-order valence-corrected chi connectivity index (χ2v) is 5.32. The van der Waals surface area contributed by atoms with Crippen LogP contribution in [-0.4, -0.2) is 42.5 Å². The van der Waals surface area contributed by atoms with Crippen LogP contribution in [0.5, 0.6) is 0 Å². The summed E-state index contributed by atoms with van der Waals surface area (Å²) in [4.78, 5) is 25.3. The molecule has 2 aromatic rings. The normalized spacial score (nSPS) is 10.4. The number of amides is 2. The van der Waals surface area contributed by atoms with Gasteiger partial charge >= 0.3 is 0 Å². The zero-order chi connectivity index (χ0) is 16.3. The van der Waals surface area contributed by atoms with Crippen LogP contribution in [0.25, 0.3) is 11.3 Å². The van der Waals surface area contributed by atoms with E-state index >= 15 is 0 Å². The third kappa shape index (κ3) is 3.28. The summed E-state index contributed by atoms with van der Waals surface area (Å²) in [5.41, 5.74) is 1.24. The van der Waals surface area contributed by atoms with Gasteiger partial charge in [0.1, 0.15) is 17.0 Å². The number of rotatable bonds is 4. The Balaban J connectivity index is 2.29. The molecule has 2 rings (SSSR count). The maximum absolute atomic E-state index is 12.3. The van der Waals surface area contributed by atoms with Gasteiger partial charge in [-0.3, -0.25) is 9.59 Å². The number of carbonyl (C=O) groups is 2. The predicted octanol–water partition coefficient (Wildman–Crippen LogP) is 2.12. The number of aromatic nitrogens is 1. The highest BCUT2D eigenvalue weighted by Crippen LogP contribution is 2.30. The number of benzene rings is 1. The van der Waals surface area contributed by atoms with E-state index in [1.54, 1.807) is 45.3 Å². The van der Waals surface area contributed by atoms with Gasteiger partial charge in [-0.25, -0.2) is 0 Å². The van der Waals surface area contributed by atoms with Crippen molar-refractivity contribution in [2.75, 3.05) is 20.6 Å². The molecule has 22 heavy (non-hydrogen) atoms. The lowest BCUT2D eigenvalue weighted by molar-refractivity contribution is -0.127. The molecular weight excluding hydrogens is 306 g/mol. The molecule has 0 radical (unpaired) electrons. The molecule has 0 unspecified atom stereocenters. The second-order valence-electron chi connectivity index (χ2n) is 4.91. The number of hydrogen-bond acceptors (Lipinski definition) is 4. The van der Waals surface area contributed by atoms with Crippen molar-refractivity contribution in [1.29, 1.82) is 0 Å². The molecule has 1 N–H and O–H groups in total. The van der Waals surface area contributed by atoms with Crippen LogP contribution in [0.1, 0.15) is 16.1 Å². The van der Waals surface area contributed by atoms with E-state index in [1.807, 2.05) is 0 Å². The van der Waals surface area contributed by atoms with E-state index in [2.05, 4.69) is 10.5 Å². The van der Waals surface area contributed by atoms with Crippen LogP contribution < -0.4 is 5.32 Å². The van der Waals surface area contributed by atoms with Crippen LogP contribution in [0.2, 0.25) is 5.02 Å². The fourth-order valence-electron chi connectivity index (χ4n) is 1.88. The minimum Gasteiger partial charge on any atom is -0.360 e. The summed E-state index contributed by atoms with van der Waals surface area (Å²) in [5.74, 6) is -0.268. The van der Waals surface area contributed by atoms with Crippen molar-refractivity contribution in [1.82, 2.24) is 15.4 Å². The molecule has 1 aromatic carbocycles. The van der Waals surface area contributed by atoms with Gasteiger partial charge in [0.25, 0.3) is 5.91 Å². The average molecular weight is 322 g/mol. The molecule has 2 amide bonds. The molecule has 1 heterocycles. The van der Waals surface area contributed by atoms with Crippen molar-refractivity contribution < 1.29 is 14.1 Å². The fraction of sp³-hybridized carbons (Fsp3) is 0.267. The van der Waals surface area contributed by atoms with Crippen LogP contribution in [0.3, 0.4) is 0 Å². The van der Waals surface area contributed by atoms with Crippen LogP contribution in [-0.2, 0) is 4.79 Å². The first kappa shape index (κ1) is 16.0. The summed E-state index contributed by atoms with van der Waals surface area (Å²) < 4.78 is 5.12. The third-order valence-electron chi connectivity index (χ3n) is 3.12. The van der Waals surface area contributed by atoms with Crippen molar-refractivity contribution in [3.63, 3.8) is 0 Å². The van der Waals surface area contributed by atoms with E-state index < -0.39 is 5.91 Å². The lowest BCUT2D eigenvalue weighted by Crippen LogP contribution is -2.36. The molecule has 0 saturated heterocycles. The molecule has 0 atom stereocenters. The Morgan fingerprint density at radius 3 is 2.64 bits per heavy atom. The van der Waals surface area contributed by atoms with E-state index in [9.17, 15) is 9.59 Å². The molecular formula is C15H16ClN3O3. The molecule has 116 valence electrons. The van der Waals surface area contributed by atoms with E-state index in [4.69, 9.17) is 16.1 Å². The number of hydrogen-bond donors (Lipinski definition) is 1. The van der Waals surface area contributed by atoms with E-state index in [-0.39, 0.29) is 18.0 Å². The summed E-state index contributed by atoms with van der Waals surface area (Å²) >= 11 is 6.14. The van der Waals surface area contributed by atoms with Crippen molar-refractivity contribution in [2.24, 2.45) is 0 Å². The number of aryl methyl sites for hydroxylation is 1. The zero-order valence-electron chi connectivity index (χ0n) is 12.5. The molecule has 0 fully saturated rings. The molecule has 0 bridgehead atoms. The summed E-state index contributed by atoms with van der Waals surface area (Å²) in [7, 11) is 3.24. The Hall–Kier alpha value is -2.34. The summed E-state index contributed by atoms with van der Waals surface area (Å²) in [6.45, 7) is 1.54. The maximum Gasteiger partial charge on any atom is 0.257 e. The molecule has 7 heteroatoms. The van der Waals surface area contributed by atoms with Gasteiger partial charge < -0.3 is 14.7 Å². The molecule has 0 spiro atoms. The molecule has 6 nitrogen and oxygen atoms in total. The van der Waals surface area contributed by atoms with E-state index in [1.165, 1.54) is 4.90 Å². The Labute approximate surface area is 133 Å². The molecule has 0 saturated carbocycles. The van der Waals surface area contributed by atoms with Gasteiger partial charge in [-0.15, -0.1) is 0 Å². The van der Waals surface area contributed by atoms with Gasteiger partial charge in [-0.1, -0.05) is 35.0 Å². The monoisotopic (exact) mass is 321 g/mol. The van der Waals surface area contributed by atoms with Gasteiger partial charge in [0.2, 0.25) is 5.91 Å². The Bertz CT molecular complexity index is 710. The first-order valence-electron chi connectivity index (χ1n) is 6.61. The molecule has 0 aliphatic carbocycles. The van der Waals surface area contributed by atoms with E-state index in [0.29, 0.717) is 22.0 Å². The standard InChI is InChI=1S/C15H16ClN3O3/c1-9-13(15(21)17-8-12(20)19(2)3)14(18-22-9)10-6-4-5-7-11(10)16/h4-7H,8H2,1-3H3,(H,17,21). The highest BCUT2D eigenvalue weighted by Gasteiger charge is 2.23. The first-order chi connectivity index (χ1) is 10.4. The van der Waals surface area contributed by atoms with Gasteiger partial charge in [0, 0.05) is 19.7 Å². The second kappa shape index (κ2) is 6.62. The first-order valence-corrected chi connectivity index (χ1v) is 6.99. The summed E-state index contributed by atoms with van der Waals surface area (Å²) in [6.07, 6.45) is 0. The molecule has 0 aliphatic rings. The van der Waals surface area contributed by atoms with Gasteiger partial charge in [0.05, 0.1) is 11.6 Å². The van der Waals surface area contributed by atoms with Crippen molar-refractivity contribution in [3.8, 4) is 11.3 Å². The quantitative estimate of drug-likeness (QED) is 0.936. The smallest absolute Gasteiger partial charge is 0.257 e. The highest BCUT2D eigenvalue weighted by molar-refractivity contribution is 6.33. The molecule has 1 aromatic heterocycles. The lowest BCUT2D eigenvalue weighted by atomic mass is 10.1. The van der Waals surface area contributed by atoms with Crippen LogP contribution in [0.4, 0.5) is 0 Å². The van der Waals surface area contributed by atoms with Crippen molar-refractivity contribution in [3.05, 3.63) is 40.6 Å². The number of nitrogens with zero attached hydrogens (tertiary/aromatic N) is 2. The minimum atomic E-state index is -0.427. The topological polar surface area (TPSA) is 75.4 Å². The zero-order valence-corrected chi connectivity index (χ0v) is 13.3.